The van der Waals surface area contributed by atoms with Gasteiger partial charge in [0.05, 0.1) is 24.8 Å². The van der Waals surface area contributed by atoms with Crippen molar-refractivity contribution < 1.29 is 32.3 Å². The number of rotatable bonds is 6. The highest BCUT2D eigenvalue weighted by molar-refractivity contribution is 5.87. The number of hydrogen-bond donors (Lipinski definition) is 1. The lowest BCUT2D eigenvalue weighted by molar-refractivity contribution is -0.162. The van der Waals surface area contributed by atoms with Crippen molar-refractivity contribution >= 4 is 11.9 Å². The van der Waals surface area contributed by atoms with Gasteiger partial charge in [0.1, 0.15) is 12.3 Å². The molecule has 0 saturated carbocycles. The second-order valence-corrected chi connectivity index (χ2v) is 5.12. The minimum atomic E-state index is -4.53. The lowest BCUT2D eigenvalue weighted by Gasteiger charge is -2.23. The van der Waals surface area contributed by atoms with E-state index in [4.69, 9.17) is 9.52 Å². The van der Waals surface area contributed by atoms with Gasteiger partial charge in [0, 0.05) is 0 Å². The van der Waals surface area contributed by atoms with Gasteiger partial charge in [-0.3, -0.25) is 4.79 Å². The number of alkyl halides is 3. The highest BCUT2D eigenvalue weighted by Gasteiger charge is 2.33. The molecule has 1 aromatic heterocycles. The van der Waals surface area contributed by atoms with Crippen molar-refractivity contribution in [2.75, 3.05) is 6.54 Å². The Morgan fingerprint density at radius 3 is 2.29 bits per heavy atom. The van der Waals surface area contributed by atoms with Gasteiger partial charge in [0.2, 0.25) is 5.91 Å². The summed E-state index contributed by atoms with van der Waals surface area (Å²) in [5.41, 5.74) is 0.463. The summed E-state index contributed by atoms with van der Waals surface area (Å²) < 4.78 is 43.1. The summed E-state index contributed by atoms with van der Waals surface area (Å²) in [6.07, 6.45) is -3.48. The fourth-order valence-corrected chi connectivity index (χ4v) is 2.09. The van der Waals surface area contributed by atoms with Crippen molar-refractivity contribution in [3.8, 4) is 0 Å². The number of furan rings is 1. The van der Waals surface area contributed by atoms with E-state index in [1.165, 1.54) is 42.7 Å². The van der Waals surface area contributed by atoms with E-state index < -0.39 is 24.6 Å². The molecule has 0 atom stereocenters. The molecule has 1 N–H and O–H groups in total. The Hall–Kier alpha value is -2.77. The second kappa shape index (κ2) is 7.20. The van der Waals surface area contributed by atoms with Gasteiger partial charge in [0.25, 0.3) is 0 Å². The van der Waals surface area contributed by atoms with Crippen molar-refractivity contribution in [2.45, 2.75) is 19.1 Å². The van der Waals surface area contributed by atoms with Crippen LogP contribution >= 0.6 is 0 Å². The van der Waals surface area contributed by atoms with Crippen LogP contribution in [-0.2, 0) is 17.8 Å². The molecule has 0 radical (unpaired) electrons. The third-order valence-corrected chi connectivity index (χ3v) is 3.21. The monoisotopic (exact) mass is 341 g/mol. The molecule has 0 spiro atoms. The molecule has 0 aliphatic carbocycles. The summed E-state index contributed by atoms with van der Waals surface area (Å²) in [6.45, 7) is -1.68. The number of carbonyl (C=O) groups excluding carboxylic acids is 1. The number of carbonyl (C=O) groups is 2. The van der Waals surface area contributed by atoms with Gasteiger partial charge >= 0.3 is 12.1 Å². The molecule has 0 saturated heterocycles. The summed E-state index contributed by atoms with van der Waals surface area (Å²) in [7, 11) is 0. The van der Waals surface area contributed by atoms with Crippen LogP contribution in [-0.4, -0.2) is 34.6 Å². The van der Waals surface area contributed by atoms with Gasteiger partial charge in [-0.1, -0.05) is 12.1 Å². The van der Waals surface area contributed by atoms with Gasteiger partial charge < -0.3 is 14.4 Å². The van der Waals surface area contributed by atoms with Crippen LogP contribution in [0.5, 0.6) is 0 Å². The lowest BCUT2D eigenvalue weighted by atomic mass is 10.1. The Bertz CT molecular complexity index is 693. The standard InChI is InChI=1S/C16H14F3NO4/c17-16(18,19)10-20(9-13-2-1-7-24-13)14(21)8-11-3-5-12(6-4-11)15(22)23/h1-7H,8-10H2,(H,22,23). The molecule has 0 bridgehead atoms. The third-order valence-electron chi connectivity index (χ3n) is 3.21. The van der Waals surface area contributed by atoms with E-state index in [-0.39, 0.29) is 24.3 Å². The average Bonchev–Trinajstić information content (AvgIpc) is 2.98. The quantitative estimate of drug-likeness (QED) is 0.876. The predicted molar refractivity (Wildman–Crippen MR) is 77.3 cm³/mol. The molecule has 128 valence electrons. The first-order chi connectivity index (χ1) is 11.2. The molecule has 2 aromatic rings. The first-order valence-corrected chi connectivity index (χ1v) is 6.94. The summed E-state index contributed by atoms with van der Waals surface area (Å²) in [6, 6.07) is 8.41. The van der Waals surface area contributed by atoms with E-state index in [9.17, 15) is 22.8 Å². The van der Waals surface area contributed by atoms with Crippen LogP contribution in [0.4, 0.5) is 13.2 Å². The Morgan fingerprint density at radius 2 is 1.79 bits per heavy atom. The largest absolute Gasteiger partial charge is 0.478 e. The molecule has 1 heterocycles. The first-order valence-electron chi connectivity index (χ1n) is 6.94. The van der Waals surface area contributed by atoms with E-state index in [0.29, 0.717) is 10.5 Å². The number of carboxylic acid groups (broad SMARTS) is 1. The topological polar surface area (TPSA) is 70.8 Å². The van der Waals surface area contributed by atoms with Crippen LogP contribution < -0.4 is 0 Å². The Morgan fingerprint density at radius 1 is 1.12 bits per heavy atom. The molecule has 1 amide bonds. The number of halogens is 3. The molecular weight excluding hydrogens is 327 g/mol. The number of amides is 1. The van der Waals surface area contributed by atoms with Crippen LogP contribution in [0.25, 0.3) is 0 Å². The SMILES string of the molecule is O=C(O)c1ccc(CC(=O)N(Cc2ccco2)CC(F)(F)F)cc1. The zero-order valence-corrected chi connectivity index (χ0v) is 12.4. The predicted octanol–water partition coefficient (Wildman–Crippen LogP) is 3.11. The third kappa shape index (κ3) is 5.15. The fraction of sp³-hybridized carbons (Fsp3) is 0.250. The van der Waals surface area contributed by atoms with Gasteiger partial charge in [-0.15, -0.1) is 0 Å². The van der Waals surface area contributed by atoms with Gasteiger partial charge in [-0.25, -0.2) is 4.79 Å². The molecule has 1 aromatic carbocycles. The van der Waals surface area contributed by atoms with Crippen LogP contribution in [0.3, 0.4) is 0 Å². The fourth-order valence-electron chi connectivity index (χ4n) is 2.09. The van der Waals surface area contributed by atoms with E-state index in [1.807, 2.05) is 0 Å². The molecule has 8 heteroatoms. The number of hydrogen-bond acceptors (Lipinski definition) is 3. The van der Waals surface area contributed by atoms with E-state index >= 15 is 0 Å². The zero-order valence-electron chi connectivity index (χ0n) is 12.4. The van der Waals surface area contributed by atoms with Crippen LogP contribution in [0.2, 0.25) is 0 Å². The number of carboxylic acids is 1. The van der Waals surface area contributed by atoms with Crippen molar-refractivity contribution in [2.24, 2.45) is 0 Å². The molecule has 5 nitrogen and oxygen atoms in total. The summed E-state index contributed by atoms with van der Waals surface area (Å²) in [5.74, 6) is -1.61. The summed E-state index contributed by atoms with van der Waals surface area (Å²) in [4.78, 5) is 23.6. The molecule has 0 aliphatic heterocycles. The van der Waals surface area contributed by atoms with E-state index in [2.05, 4.69) is 0 Å². The van der Waals surface area contributed by atoms with Gasteiger partial charge in [0.15, 0.2) is 0 Å². The Balaban J connectivity index is 2.09. The molecule has 24 heavy (non-hydrogen) atoms. The van der Waals surface area contributed by atoms with Crippen LogP contribution in [0, 0.1) is 0 Å². The van der Waals surface area contributed by atoms with Crippen LogP contribution in [0.1, 0.15) is 21.7 Å². The summed E-state index contributed by atoms with van der Waals surface area (Å²) >= 11 is 0. The second-order valence-electron chi connectivity index (χ2n) is 5.12. The van der Waals surface area contributed by atoms with Crippen molar-refractivity contribution in [3.05, 3.63) is 59.5 Å². The van der Waals surface area contributed by atoms with Crippen LogP contribution in [0.15, 0.2) is 47.1 Å². The average molecular weight is 341 g/mol. The smallest absolute Gasteiger partial charge is 0.406 e. The minimum absolute atomic E-state index is 0.0360. The maximum absolute atomic E-state index is 12.7. The number of nitrogens with zero attached hydrogens (tertiary/aromatic N) is 1. The van der Waals surface area contributed by atoms with E-state index in [1.54, 1.807) is 0 Å². The minimum Gasteiger partial charge on any atom is -0.478 e. The van der Waals surface area contributed by atoms with Gasteiger partial charge in [-0.2, -0.15) is 13.2 Å². The highest BCUT2D eigenvalue weighted by Crippen LogP contribution is 2.19. The van der Waals surface area contributed by atoms with E-state index in [0.717, 1.165) is 0 Å². The normalized spacial score (nSPS) is 11.3. The number of aromatic carboxylic acids is 1. The van der Waals surface area contributed by atoms with Crippen molar-refractivity contribution in [1.29, 1.82) is 0 Å². The first kappa shape index (κ1) is 17.6. The molecule has 0 aliphatic rings. The van der Waals surface area contributed by atoms with Gasteiger partial charge in [-0.05, 0) is 29.8 Å². The molecule has 2 rings (SSSR count). The number of benzene rings is 1. The summed E-state index contributed by atoms with van der Waals surface area (Å²) in [5, 5.41) is 8.81. The Kier molecular flexibility index (Phi) is 5.28. The maximum Gasteiger partial charge on any atom is 0.406 e. The van der Waals surface area contributed by atoms with Crippen molar-refractivity contribution in [3.63, 3.8) is 0 Å². The Labute approximate surface area is 135 Å². The molecular formula is C16H14F3NO4. The molecule has 0 unspecified atom stereocenters. The highest BCUT2D eigenvalue weighted by atomic mass is 19.4. The lowest BCUT2D eigenvalue weighted by Crippen LogP contribution is -2.39. The zero-order chi connectivity index (χ0) is 17.7. The maximum atomic E-state index is 12.7. The van der Waals surface area contributed by atoms with Crippen molar-refractivity contribution in [1.82, 2.24) is 4.90 Å². The molecule has 0 fully saturated rings.